The molecule has 2 heterocycles. The minimum atomic E-state index is -2.34. The van der Waals surface area contributed by atoms with E-state index in [-0.39, 0.29) is 17.2 Å². The standard InChI is InChI=1S/C23H32O15/c1-33-11-5-10(6-12(34-2)16(11)27)3-4-15(26)35-8-14-17(28)19(30)20(31)22(36-14)38-23(9-25)21(32)18(29)13(7-24)37-23/h3-6,13-14,17-22,24-25,27-32H,7-9H2,1-2H3/t13-,14+,17-,18-,19+,20-,21+,22-,23-/m1/s1. The van der Waals surface area contributed by atoms with Crippen molar-refractivity contribution in [3.63, 3.8) is 0 Å². The van der Waals surface area contributed by atoms with Gasteiger partial charge in [0.05, 0.1) is 20.8 Å². The first-order valence-corrected chi connectivity index (χ1v) is 11.4. The van der Waals surface area contributed by atoms with Crippen LogP contribution in [0.5, 0.6) is 17.2 Å². The lowest BCUT2D eigenvalue weighted by Crippen LogP contribution is -2.62. The first kappa shape index (κ1) is 30.0. The maximum Gasteiger partial charge on any atom is 0.330 e. The number of benzene rings is 1. The summed E-state index contributed by atoms with van der Waals surface area (Å²) >= 11 is 0. The Hall–Kier alpha value is -2.57. The molecule has 214 valence electrons. The van der Waals surface area contributed by atoms with Crippen LogP contribution < -0.4 is 9.47 Å². The van der Waals surface area contributed by atoms with Crippen LogP contribution in [0, 0.1) is 0 Å². The predicted octanol–water partition coefficient (Wildman–Crippen LogP) is -3.41. The maximum absolute atomic E-state index is 12.3. The summed E-state index contributed by atoms with van der Waals surface area (Å²) in [4.78, 5) is 12.3. The highest BCUT2D eigenvalue weighted by atomic mass is 16.8. The highest BCUT2D eigenvalue weighted by Crippen LogP contribution is 2.38. The van der Waals surface area contributed by atoms with Crippen molar-refractivity contribution in [2.24, 2.45) is 0 Å². The molecule has 1 aromatic rings. The molecule has 0 unspecified atom stereocenters. The Morgan fingerprint density at radius 2 is 1.61 bits per heavy atom. The number of carbonyl (C=O) groups excluding carboxylic acids is 1. The van der Waals surface area contributed by atoms with Gasteiger partial charge in [0.2, 0.25) is 11.5 Å². The topological polar surface area (TPSA) is 234 Å². The number of rotatable bonds is 10. The smallest absolute Gasteiger partial charge is 0.330 e. The van der Waals surface area contributed by atoms with Crippen molar-refractivity contribution >= 4 is 12.0 Å². The molecule has 9 atom stereocenters. The predicted molar refractivity (Wildman–Crippen MR) is 123 cm³/mol. The van der Waals surface area contributed by atoms with Crippen molar-refractivity contribution in [1.29, 1.82) is 0 Å². The minimum absolute atomic E-state index is 0.101. The van der Waals surface area contributed by atoms with Crippen molar-refractivity contribution < 1.29 is 74.1 Å². The van der Waals surface area contributed by atoms with Gasteiger partial charge in [0.1, 0.15) is 55.9 Å². The quantitative estimate of drug-likeness (QED) is 0.105. The Labute approximate surface area is 216 Å². The molecule has 2 saturated heterocycles. The second kappa shape index (κ2) is 12.5. The van der Waals surface area contributed by atoms with Gasteiger partial charge in [-0.25, -0.2) is 4.79 Å². The van der Waals surface area contributed by atoms with Crippen LogP contribution in [0.25, 0.3) is 6.08 Å². The zero-order valence-electron chi connectivity index (χ0n) is 20.5. The molecule has 0 bridgehead atoms. The normalized spacial score (nSPS) is 35.4. The fourth-order valence-electron chi connectivity index (χ4n) is 4.00. The van der Waals surface area contributed by atoms with E-state index in [1.807, 2.05) is 0 Å². The SMILES string of the molecule is COc1cc(C=CC(=O)OC[C@@H]2O[C@H](O[C@@]3(CO)O[C@H](CO)[C@@H](O)[C@@H]3O)[C@H](O)[C@@H](O)[C@@H]2O)cc(OC)c1O. The van der Waals surface area contributed by atoms with Gasteiger partial charge in [-0.1, -0.05) is 0 Å². The first-order valence-electron chi connectivity index (χ1n) is 11.4. The van der Waals surface area contributed by atoms with E-state index in [2.05, 4.69) is 0 Å². The molecule has 0 spiro atoms. The number of phenols is 1. The number of aliphatic hydroxyl groups excluding tert-OH is 7. The van der Waals surface area contributed by atoms with Crippen molar-refractivity contribution in [2.75, 3.05) is 34.0 Å². The van der Waals surface area contributed by atoms with Gasteiger partial charge in [0, 0.05) is 6.08 Å². The molecule has 15 heteroatoms. The fourth-order valence-corrected chi connectivity index (χ4v) is 4.00. The number of carbonyl (C=O) groups is 1. The van der Waals surface area contributed by atoms with Crippen LogP contribution in [-0.2, 0) is 23.7 Å². The molecule has 8 N–H and O–H groups in total. The number of esters is 1. The highest BCUT2D eigenvalue weighted by molar-refractivity contribution is 5.87. The summed E-state index contributed by atoms with van der Waals surface area (Å²) < 4.78 is 31.2. The van der Waals surface area contributed by atoms with Crippen molar-refractivity contribution in [2.45, 2.75) is 54.8 Å². The Morgan fingerprint density at radius 3 is 2.13 bits per heavy atom. The van der Waals surface area contributed by atoms with Crippen molar-refractivity contribution in [3.8, 4) is 17.2 Å². The molecule has 15 nitrogen and oxygen atoms in total. The molecule has 2 aliphatic heterocycles. The van der Waals surface area contributed by atoms with Crippen molar-refractivity contribution in [1.82, 2.24) is 0 Å². The lowest BCUT2D eigenvalue weighted by atomic mass is 9.99. The van der Waals surface area contributed by atoms with Gasteiger partial charge >= 0.3 is 5.97 Å². The zero-order chi connectivity index (χ0) is 28.2. The number of hydrogen-bond acceptors (Lipinski definition) is 15. The summed E-state index contributed by atoms with van der Waals surface area (Å²) in [5.41, 5.74) is 0.419. The Bertz CT molecular complexity index is 961. The van der Waals surface area contributed by atoms with E-state index in [4.69, 9.17) is 28.4 Å². The molecule has 2 aliphatic rings. The third kappa shape index (κ3) is 6.02. The van der Waals surface area contributed by atoms with Gasteiger partial charge in [0.15, 0.2) is 17.8 Å². The lowest BCUT2D eigenvalue weighted by molar-refractivity contribution is -0.383. The van der Waals surface area contributed by atoms with E-state index >= 15 is 0 Å². The average Bonchev–Trinajstić information content (AvgIpc) is 3.16. The Morgan fingerprint density at radius 1 is 0.974 bits per heavy atom. The third-order valence-corrected chi connectivity index (χ3v) is 6.19. The number of aromatic hydroxyl groups is 1. The molecule has 2 fully saturated rings. The van der Waals surface area contributed by atoms with Crippen LogP contribution in [0.4, 0.5) is 0 Å². The molecule has 0 amide bonds. The molecule has 3 rings (SSSR count). The Kier molecular flexibility index (Phi) is 9.88. The minimum Gasteiger partial charge on any atom is -0.502 e. The molecular weight excluding hydrogens is 516 g/mol. The summed E-state index contributed by atoms with van der Waals surface area (Å²) in [6, 6.07) is 2.87. The zero-order valence-corrected chi connectivity index (χ0v) is 20.5. The lowest BCUT2D eigenvalue weighted by Gasteiger charge is -2.43. The van der Waals surface area contributed by atoms with Crippen LogP contribution in [0.3, 0.4) is 0 Å². The fraction of sp³-hybridized carbons (Fsp3) is 0.609. The molecular formula is C23H32O15. The summed E-state index contributed by atoms with van der Waals surface area (Å²) in [7, 11) is 2.67. The largest absolute Gasteiger partial charge is 0.502 e. The molecule has 38 heavy (non-hydrogen) atoms. The maximum atomic E-state index is 12.3. The molecule has 0 aromatic heterocycles. The number of aliphatic hydroxyl groups is 7. The molecule has 0 radical (unpaired) electrons. The first-order chi connectivity index (χ1) is 18.0. The molecule has 0 aliphatic carbocycles. The number of phenolic OH excluding ortho intramolecular Hbond substituents is 1. The van der Waals surface area contributed by atoms with Gasteiger partial charge in [-0.15, -0.1) is 0 Å². The van der Waals surface area contributed by atoms with E-state index in [0.29, 0.717) is 5.56 Å². The highest BCUT2D eigenvalue weighted by Gasteiger charge is 2.58. The monoisotopic (exact) mass is 548 g/mol. The number of methoxy groups -OCH3 is 2. The van der Waals surface area contributed by atoms with Gasteiger partial charge in [-0.05, 0) is 23.8 Å². The third-order valence-electron chi connectivity index (χ3n) is 6.19. The van der Waals surface area contributed by atoms with Crippen LogP contribution in [0.1, 0.15) is 5.56 Å². The van der Waals surface area contributed by atoms with E-state index in [0.717, 1.165) is 6.08 Å². The summed E-state index contributed by atoms with van der Waals surface area (Å²) in [6.07, 6.45) is -11.2. The Balaban J connectivity index is 1.66. The molecule has 0 saturated carbocycles. The van der Waals surface area contributed by atoms with Crippen LogP contribution in [0.15, 0.2) is 18.2 Å². The van der Waals surface area contributed by atoms with Crippen LogP contribution in [0.2, 0.25) is 0 Å². The van der Waals surface area contributed by atoms with Crippen LogP contribution in [-0.4, -0.2) is 136 Å². The van der Waals surface area contributed by atoms with E-state index < -0.39 is 80.6 Å². The van der Waals surface area contributed by atoms with Gasteiger partial charge in [0.25, 0.3) is 0 Å². The van der Waals surface area contributed by atoms with Crippen LogP contribution >= 0.6 is 0 Å². The second-order valence-corrected chi connectivity index (χ2v) is 8.61. The average molecular weight is 548 g/mol. The summed E-state index contributed by atoms with van der Waals surface area (Å²) in [5, 5.41) is 80.2. The van der Waals surface area contributed by atoms with E-state index in [1.165, 1.54) is 32.4 Å². The van der Waals surface area contributed by atoms with Gasteiger partial charge < -0.3 is 69.3 Å². The summed E-state index contributed by atoms with van der Waals surface area (Å²) in [6.45, 7) is -2.38. The van der Waals surface area contributed by atoms with Gasteiger partial charge in [-0.3, -0.25) is 0 Å². The number of ether oxygens (including phenoxy) is 6. The number of hydrogen-bond donors (Lipinski definition) is 8. The second-order valence-electron chi connectivity index (χ2n) is 8.61. The molecule has 1 aromatic carbocycles. The summed E-state index contributed by atoms with van der Waals surface area (Å²) in [5.74, 6) is -3.25. The van der Waals surface area contributed by atoms with Crippen molar-refractivity contribution in [3.05, 3.63) is 23.8 Å². The van der Waals surface area contributed by atoms with Gasteiger partial charge in [-0.2, -0.15) is 0 Å². The van der Waals surface area contributed by atoms with E-state index in [1.54, 1.807) is 0 Å². The van der Waals surface area contributed by atoms with E-state index in [9.17, 15) is 45.6 Å².